The second-order valence-electron chi connectivity index (χ2n) is 5.50. The lowest BCUT2D eigenvalue weighted by Crippen LogP contribution is -2.27. The van der Waals surface area contributed by atoms with E-state index in [0.29, 0.717) is 41.8 Å². The standard InChI is InChI=1S/C18H18ClNO3/c1-12(13-5-3-2-4-6-13)11-20-18(21)14-9-15(19)17-16(10-14)22-7-8-23-17/h2-6,9-10,12H,7-8,11H2,1H3,(H,20,21)/t12-/m1/s1. The lowest BCUT2D eigenvalue weighted by Gasteiger charge is -2.20. The SMILES string of the molecule is C[C@H](CNC(=O)c1cc(Cl)c2c(c1)OCCO2)c1ccccc1. The second kappa shape index (κ2) is 6.92. The molecular weight excluding hydrogens is 314 g/mol. The summed E-state index contributed by atoms with van der Waals surface area (Å²) in [7, 11) is 0. The van der Waals surface area contributed by atoms with Crippen LogP contribution in [-0.2, 0) is 0 Å². The van der Waals surface area contributed by atoms with Crippen LogP contribution in [0.5, 0.6) is 11.5 Å². The van der Waals surface area contributed by atoms with Crippen LogP contribution in [0.4, 0.5) is 0 Å². The fourth-order valence-corrected chi connectivity index (χ4v) is 2.75. The van der Waals surface area contributed by atoms with Gasteiger partial charge in [-0.3, -0.25) is 4.79 Å². The Labute approximate surface area is 140 Å². The molecule has 120 valence electrons. The van der Waals surface area contributed by atoms with Crippen LogP contribution in [0.3, 0.4) is 0 Å². The van der Waals surface area contributed by atoms with Gasteiger partial charge in [-0.1, -0.05) is 48.9 Å². The molecule has 0 saturated carbocycles. The largest absolute Gasteiger partial charge is 0.486 e. The topological polar surface area (TPSA) is 47.6 Å². The van der Waals surface area contributed by atoms with E-state index in [-0.39, 0.29) is 11.8 Å². The molecule has 1 amide bonds. The van der Waals surface area contributed by atoms with Crippen LogP contribution in [0, 0.1) is 0 Å². The maximum absolute atomic E-state index is 12.4. The number of benzene rings is 2. The van der Waals surface area contributed by atoms with E-state index in [1.165, 1.54) is 5.56 Å². The predicted octanol–water partition coefficient (Wildman–Crippen LogP) is 3.64. The number of nitrogens with one attached hydrogen (secondary N) is 1. The lowest BCUT2D eigenvalue weighted by molar-refractivity contribution is 0.0950. The van der Waals surface area contributed by atoms with E-state index in [4.69, 9.17) is 21.1 Å². The van der Waals surface area contributed by atoms with E-state index in [0.717, 1.165) is 0 Å². The van der Waals surface area contributed by atoms with Crippen molar-refractivity contribution in [2.24, 2.45) is 0 Å². The number of rotatable bonds is 4. The molecular formula is C18H18ClNO3. The molecule has 1 N–H and O–H groups in total. The molecule has 1 atom stereocenters. The van der Waals surface area contributed by atoms with Gasteiger partial charge in [-0.25, -0.2) is 0 Å². The number of amides is 1. The molecule has 1 heterocycles. The highest BCUT2D eigenvalue weighted by atomic mass is 35.5. The van der Waals surface area contributed by atoms with Crippen molar-refractivity contribution in [2.75, 3.05) is 19.8 Å². The summed E-state index contributed by atoms with van der Waals surface area (Å²) in [5.74, 6) is 1.08. The van der Waals surface area contributed by atoms with Crippen LogP contribution in [-0.4, -0.2) is 25.7 Å². The average Bonchev–Trinajstić information content (AvgIpc) is 2.60. The Morgan fingerprint density at radius 3 is 2.74 bits per heavy atom. The van der Waals surface area contributed by atoms with Gasteiger partial charge >= 0.3 is 0 Å². The first-order valence-corrected chi connectivity index (χ1v) is 7.95. The van der Waals surface area contributed by atoms with Gasteiger partial charge in [0.05, 0.1) is 5.02 Å². The minimum absolute atomic E-state index is 0.174. The van der Waals surface area contributed by atoms with Crippen LogP contribution >= 0.6 is 11.6 Å². The third-order valence-corrected chi connectivity index (χ3v) is 4.08. The summed E-state index contributed by atoms with van der Waals surface area (Å²) < 4.78 is 11.0. The number of hydrogen-bond donors (Lipinski definition) is 1. The fraction of sp³-hybridized carbons (Fsp3) is 0.278. The van der Waals surface area contributed by atoms with Crippen LogP contribution in [0.25, 0.3) is 0 Å². The molecule has 1 aliphatic heterocycles. The van der Waals surface area contributed by atoms with Gasteiger partial charge in [-0.05, 0) is 23.6 Å². The third-order valence-electron chi connectivity index (χ3n) is 3.80. The van der Waals surface area contributed by atoms with E-state index < -0.39 is 0 Å². The Bertz CT molecular complexity index is 703. The predicted molar refractivity (Wildman–Crippen MR) is 89.6 cm³/mol. The van der Waals surface area contributed by atoms with Crippen molar-refractivity contribution in [3.05, 3.63) is 58.6 Å². The van der Waals surface area contributed by atoms with Crippen molar-refractivity contribution in [1.29, 1.82) is 0 Å². The monoisotopic (exact) mass is 331 g/mol. The van der Waals surface area contributed by atoms with Crippen molar-refractivity contribution in [3.8, 4) is 11.5 Å². The smallest absolute Gasteiger partial charge is 0.251 e. The zero-order valence-corrected chi connectivity index (χ0v) is 13.6. The van der Waals surface area contributed by atoms with E-state index in [1.807, 2.05) is 18.2 Å². The van der Waals surface area contributed by atoms with Crippen molar-refractivity contribution in [2.45, 2.75) is 12.8 Å². The molecule has 4 nitrogen and oxygen atoms in total. The van der Waals surface area contributed by atoms with Gasteiger partial charge in [-0.2, -0.15) is 0 Å². The van der Waals surface area contributed by atoms with Crippen LogP contribution in [0.2, 0.25) is 5.02 Å². The highest BCUT2D eigenvalue weighted by Crippen LogP contribution is 2.38. The van der Waals surface area contributed by atoms with Crippen molar-refractivity contribution in [1.82, 2.24) is 5.32 Å². The van der Waals surface area contributed by atoms with Gasteiger partial charge < -0.3 is 14.8 Å². The van der Waals surface area contributed by atoms with Gasteiger partial charge in [0.15, 0.2) is 11.5 Å². The summed E-state index contributed by atoms with van der Waals surface area (Å²) in [6.45, 7) is 3.55. The Morgan fingerprint density at radius 2 is 1.96 bits per heavy atom. The maximum atomic E-state index is 12.4. The van der Waals surface area contributed by atoms with Gasteiger partial charge in [0.1, 0.15) is 13.2 Å². The molecule has 0 radical (unpaired) electrons. The number of fused-ring (bicyclic) bond motifs is 1. The van der Waals surface area contributed by atoms with E-state index in [2.05, 4.69) is 24.4 Å². The molecule has 0 aromatic heterocycles. The first-order chi connectivity index (χ1) is 11.1. The van der Waals surface area contributed by atoms with Crippen molar-refractivity contribution in [3.63, 3.8) is 0 Å². The molecule has 0 bridgehead atoms. The first kappa shape index (κ1) is 15.7. The fourth-order valence-electron chi connectivity index (χ4n) is 2.49. The molecule has 3 rings (SSSR count). The van der Waals surface area contributed by atoms with E-state index >= 15 is 0 Å². The summed E-state index contributed by atoms with van der Waals surface area (Å²) in [6, 6.07) is 13.4. The number of carbonyl (C=O) groups is 1. The number of hydrogen-bond acceptors (Lipinski definition) is 3. The molecule has 0 fully saturated rings. The summed E-state index contributed by atoms with van der Waals surface area (Å²) in [4.78, 5) is 12.4. The highest BCUT2D eigenvalue weighted by Gasteiger charge is 2.19. The summed E-state index contributed by atoms with van der Waals surface area (Å²) in [6.07, 6.45) is 0. The zero-order valence-electron chi connectivity index (χ0n) is 12.8. The lowest BCUT2D eigenvalue weighted by atomic mass is 10.0. The van der Waals surface area contributed by atoms with E-state index in [9.17, 15) is 4.79 Å². The molecule has 5 heteroatoms. The molecule has 0 unspecified atom stereocenters. The number of carbonyl (C=O) groups excluding carboxylic acids is 1. The molecule has 1 aliphatic rings. The minimum Gasteiger partial charge on any atom is -0.486 e. The van der Waals surface area contributed by atoms with Crippen molar-refractivity contribution < 1.29 is 14.3 Å². The molecule has 2 aromatic carbocycles. The Morgan fingerprint density at radius 1 is 1.22 bits per heavy atom. The normalized spacial score (nSPS) is 14.2. The highest BCUT2D eigenvalue weighted by molar-refractivity contribution is 6.32. The Kier molecular flexibility index (Phi) is 4.72. The zero-order chi connectivity index (χ0) is 16.2. The van der Waals surface area contributed by atoms with Crippen LogP contribution in [0.1, 0.15) is 28.8 Å². The summed E-state index contributed by atoms with van der Waals surface area (Å²) in [5, 5.41) is 3.33. The molecule has 2 aromatic rings. The Balaban J connectivity index is 1.68. The number of halogens is 1. The first-order valence-electron chi connectivity index (χ1n) is 7.57. The number of ether oxygens (including phenoxy) is 2. The molecule has 23 heavy (non-hydrogen) atoms. The summed E-state index contributed by atoms with van der Waals surface area (Å²) in [5.41, 5.74) is 1.66. The molecule has 0 aliphatic carbocycles. The Hall–Kier alpha value is -2.20. The average molecular weight is 332 g/mol. The molecule has 0 spiro atoms. The second-order valence-corrected chi connectivity index (χ2v) is 5.91. The summed E-state index contributed by atoms with van der Waals surface area (Å²) >= 11 is 6.17. The van der Waals surface area contributed by atoms with Crippen LogP contribution < -0.4 is 14.8 Å². The van der Waals surface area contributed by atoms with Crippen LogP contribution in [0.15, 0.2) is 42.5 Å². The molecule has 0 saturated heterocycles. The van der Waals surface area contributed by atoms with Gasteiger partial charge in [0, 0.05) is 12.1 Å². The van der Waals surface area contributed by atoms with Gasteiger partial charge in [0.2, 0.25) is 0 Å². The van der Waals surface area contributed by atoms with E-state index in [1.54, 1.807) is 12.1 Å². The van der Waals surface area contributed by atoms with Gasteiger partial charge in [0.25, 0.3) is 5.91 Å². The quantitative estimate of drug-likeness (QED) is 0.930. The maximum Gasteiger partial charge on any atom is 0.251 e. The minimum atomic E-state index is -0.174. The van der Waals surface area contributed by atoms with Crippen molar-refractivity contribution >= 4 is 17.5 Å². The van der Waals surface area contributed by atoms with Gasteiger partial charge in [-0.15, -0.1) is 0 Å². The third kappa shape index (κ3) is 3.59.